The second kappa shape index (κ2) is 10.7. The van der Waals surface area contributed by atoms with E-state index < -0.39 is 57.8 Å². The van der Waals surface area contributed by atoms with Crippen molar-refractivity contribution >= 4 is 64.0 Å². The van der Waals surface area contributed by atoms with Crippen LogP contribution in [0.15, 0.2) is 42.5 Å². The SMILES string of the molecule is COc1ccc([N+](=O)[O-])c(NC(=O)COC(=O)c2cccc(N3C(=O)[C@H]4C[C@@H](Cl)[C@@H](Cl)C[C@H]4C3=O)c2)c1. The van der Waals surface area contributed by atoms with Crippen molar-refractivity contribution in [2.75, 3.05) is 23.9 Å². The Morgan fingerprint density at radius 1 is 1.08 bits per heavy atom. The molecule has 0 spiro atoms. The molecule has 37 heavy (non-hydrogen) atoms. The maximum Gasteiger partial charge on any atom is 0.338 e. The van der Waals surface area contributed by atoms with Gasteiger partial charge in [-0.15, -0.1) is 23.2 Å². The van der Waals surface area contributed by atoms with Crippen LogP contribution in [0.1, 0.15) is 23.2 Å². The average Bonchev–Trinajstić information content (AvgIpc) is 3.11. The number of nitro benzene ring substituents is 1. The van der Waals surface area contributed by atoms with Crippen LogP contribution in [0.25, 0.3) is 0 Å². The highest BCUT2D eigenvalue weighted by atomic mass is 35.5. The van der Waals surface area contributed by atoms with Gasteiger partial charge in [0.25, 0.3) is 11.6 Å². The third-order valence-corrected chi connectivity index (χ3v) is 7.35. The van der Waals surface area contributed by atoms with Crippen molar-refractivity contribution in [1.29, 1.82) is 0 Å². The Hall–Kier alpha value is -3.70. The van der Waals surface area contributed by atoms with Crippen LogP contribution in [-0.4, -0.2) is 53.1 Å². The van der Waals surface area contributed by atoms with Gasteiger partial charge in [-0.2, -0.15) is 0 Å². The largest absolute Gasteiger partial charge is 0.497 e. The summed E-state index contributed by atoms with van der Waals surface area (Å²) in [7, 11) is 1.36. The molecule has 4 atom stereocenters. The third kappa shape index (κ3) is 5.37. The number of halogens is 2. The Balaban J connectivity index is 1.43. The first kappa shape index (κ1) is 26.4. The fraction of sp³-hybridized carbons (Fsp3) is 0.333. The van der Waals surface area contributed by atoms with Crippen molar-refractivity contribution in [3.8, 4) is 5.75 Å². The molecule has 2 aromatic carbocycles. The maximum atomic E-state index is 13.0. The molecule has 0 unspecified atom stereocenters. The van der Waals surface area contributed by atoms with Gasteiger partial charge in [-0.3, -0.25) is 29.4 Å². The fourth-order valence-corrected chi connectivity index (χ4v) is 5.01. The van der Waals surface area contributed by atoms with Crippen molar-refractivity contribution in [1.82, 2.24) is 0 Å². The number of amides is 3. The Kier molecular flexibility index (Phi) is 7.65. The Morgan fingerprint density at radius 2 is 1.73 bits per heavy atom. The monoisotopic (exact) mass is 549 g/mol. The van der Waals surface area contributed by atoms with Crippen molar-refractivity contribution in [2.24, 2.45) is 11.8 Å². The number of carbonyl (C=O) groups is 4. The maximum absolute atomic E-state index is 13.0. The lowest BCUT2D eigenvalue weighted by Crippen LogP contribution is -2.34. The number of hydrogen-bond acceptors (Lipinski definition) is 8. The number of carbonyl (C=O) groups excluding carboxylic acids is 4. The molecular weight excluding hydrogens is 529 g/mol. The lowest BCUT2D eigenvalue weighted by Gasteiger charge is -2.28. The van der Waals surface area contributed by atoms with Crippen molar-refractivity contribution in [3.05, 3.63) is 58.1 Å². The fourth-order valence-electron chi connectivity index (χ4n) is 4.42. The van der Waals surface area contributed by atoms with E-state index in [2.05, 4.69) is 5.32 Å². The van der Waals surface area contributed by atoms with E-state index in [4.69, 9.17) is 32.7 Å². The molecule has 1 saturated carbocycles. The average molecular weight is 550 g/mol. The number of anilines is 2. The predicted molar refractivity (Wildman–Crippen MR) is 133 cm³/mol. The summed E-state index contributed by atoms with van der Waals surface area (Å²) in [5.74, 6) is -3.40. The number of hydrogen-bond donors (Lipinski definition) is 1. The summed E-state index contributed by atoms with van der Waals surface area (Å²) in [5, 5.41) is 12.7. The number of benzene rings is 2. The second-order valence-electron chi connectivity index (χ2n) is 8.54. The van der Waals surface area contributed by atoms with Gasteiger partial charge in [0.1, 0.15) is 11.4 Å². The van der Waals surface area contributed by atoms with E-state index in [0.29, 0.717) is 0 Å². The predicted octanol–water partition coefficient (Wildman–Crippen LogP) is 3.51. The molecule has 194 valence electrons. The van der Waals surface area contributed by atoms with Gasteiger partial charge in [0.15, 0.2) is 6.61 Å². The molecule has 2 aliphatic rings. The van der Waals surface area contributed by atoms with Gasteiger partial charge in [-0.1, -0.05) is 6.07 Å². The number of fused-ring (bicyclic) bond motifs is 1. The molecule has 2 aromatic rings. The van der Waals surface area contributed by atoms with Crippen LogP contribution in [0.5, 0.6) is 5.75 Å². The normalized spacial score (nSPS) is 22.8. The smallest absolute Gasteiger partial charge is 0.338 e. The van der Waals surface area contributed by atoms with E-state index in [-0.39, 0.29) is 41.2 Å². The van der Waals surface area contributed by atoms with Crippen molar-refractivity contribution < 1.29 is 33.6 Å². The van der Waals surface area contributed by atoms with Gasteiger partial charge < -0.3 is 14.8 Å². The molecule has 1 heterocycles. The number of imide groups is 1. The standard InChI is InChI=1S/C24H21Cl2N3O8/c1-36-14-5-6-20(29(34)35)19(8-14)27-21(30)11-37-24(33)12-3-2-4-13(7-12)28-22(31)15-9-17(25)18(26)10-16(15)23(28)32/h2-8,15-18H,9-11H2,1H3,(H,27,30)/t15-,16+,17+,18-. The van der Waals surface area contributed by atoms with E-state index in [9.17, 15) is 29.3 Å². The number of nitro groups is 1. The van der Waals surface area contributed by atoms with Gasteiger partial charge in [-0.25, -0.2) is 4.79 Å². The van der Waals surface area contributed by atoms with Gasteiger partial charge >= 0.3 is 5.97 Å². The molecular formula is C24H21Cl2N3O8. The molecule has 1 aliphatic heterocycles. The van der Waals surface area contributed by atoms with Gasteiger partial charge in [0.05, 0.1) is 45.9 Å². The summed E-state index contributed by atoms with van der Waals surface area (Å²) >= 11 is 12.4. The topological polar surface area (TPSA) is 145 Å². The molecule has 3 amide bonds. The summed E-state index contributed by atoms with van der Waals surface area (Å²) in [5.41, 5.74) is -0.306. The molecule has 1 aliphatic carbocycles. The molecule has 0 aromatic heterocycles. The number of methoxy groups -OCH3 is 1. The lowest BCUT2D eigenvalue weighted by molar-refractivity contribution is -0.383. The summed E-state index contributed by atoms with van der Waals surface area (Å²) in [6, 6.07) is 9.51. The number of ether oxygens (including phenoxy) is 2. The summed E-state index contributed by atoms with van der Waals surface area (Å²) in [4.78, 5) is 62.4. The summed E-state index contributed by atoms with van der Waals surface area (Å²) in [6.07, 6.45) is 0.563. The molecule has 0 radical (unpaired) electrons. The van der Waals surface area contributed by atoms with Crippen LogP contribution in [-0.2, 0) is 19.1 Å². The van der Waals surface area contributed by atoms with E-state index in [1.54, 1.807) is 0 Å². The van der Waals surface area contributed by atoms with Crippen LogP contribution in [0, 0.1) is 22.0 Å². The minimum absolute atomic E-state index is 0.00132. The number of rotatable bonds is 7. The zero-order valence-electron chi connectivity index (χ0n) is 19.4. The van der Waals surface area contributed by atoms with E-state index in [0.717, 1.165) is 4.90 Å². The highest BCUT2D eigenvalue weighted by Crippen LogP contribution is 2.43. The quantitative estimate of drug-likeness (QED) is 0.181. The number of nitrogens with zero attached hydrogens (tertiary/aromatic N) is 2. The minimum atomic E-state index is -0.893. The Morgan fingerprint density at radius 3 is 2.32 bits per heavy atom. The number of alkyl halides is 2. The number of esters is 1. The third-order valence-electron chi connectivity index (χ3n) is 6.26. The Bertz CT molecular complexity index is 1260. The van der Waals surface area contributed by atoms with Crippen molar-refractivity contribution in [3.63, 3.8) is 0 Å². The van der Waals surface area contributed by atoms with Gasteiger partial charge in [-0.05, 0) is 37.1 Å². The first-order valence-corrected chi connectivity index (χ1v) is 12.0. The molecule has 1 N–H and O–H groups in total. The van der Waals surface area contributed by atoms with Crippen LogP contribution in [0.4, 0.5) is 17.1 Å². The van der Waals surface area contributed by atoms with Crippen LogP contribution in [0.2, 0.25) is 0 Å². The molecule has 4 rings (SSSR count). The molecule has 2 fully saturated rings. The van der Waals surface area contributed by atoms with E-state index in [1.165, 1.54) is 49.6 Å². The zero-order chi connectivity index (χ0) is 26.9. The van der Waals surface area contributed by atoms with Crippen molar-refractivity contribution in [2.45, 2.75) is 23.6 Å². The summed E-state index contributed by atoms with van der Waals surface area (Å²) in [6.45, 7) is -0.739. The summed E-state index contributed by atoms with van der Waals surface area (Å²) < 4.78 is 10.1. The first-order chi connectivity index (χ1) is 17.6. The minimum Gasteiger partial charge on any atom is -0.497 e. The molecule has 13 heteroatoms. The molecule has 11 nitrogen and oxygen atoms in total. The molecule has 0 bridgehead atoms. The highest BCUT2D eigenvalue weighted by molar-refractivity contribution is 6.31. The van der Waals surface area contributed by atoms with E-state index >= 15 is 0 Å². The first-order valence-electron chi connectivity index (χ1n) is 11.2. The highest BCUT2D eigenvalue weighted by Gasteiger charge is 2.52. The Labute approximate surface area is 220 Å². The van der Waals surface area contributed by atoms with Gasteiger partial charge in [0.2, 0.25) is 11.8 Å². The molecule has 1 saturated heterocycles. The second-order valence-corrected chi connectivity index (χ2v) is 9.66. The van der Waals surface area contributed by atoms with Crippen LogP contribution in [0.3, 0.4) is 0 Å². The van der Waals surface area contributed by atoms with Crippen LogP contribution < -0.4 is 15.0 Å². The van der Waals surface area contributed by atoms with Gasteiger partial charge in [0, 0.05) is 12.1 Å². The number of nitrogens with one attached hydrogen (secondary N) is 1. The lowest BCUT2D eigenvalue weighted by atomic mass is 9.80. The van der Waals surface area contributed by atoms with Crippen LogP contribution >= 0.6 is 23.2 Å². The van der Waals surface area contributed by atoms with E-state index in [1.807, 2.05) is 0 Å². The zero-order valence-corrected chi connectivity index (χ0v) is 20.9.